The number of hydrogen-bond donors (Lipinski definition) is 1. The minimum atomic E-state index is -0.843. The molecule has 0 saturated carbocycles. The molecule has 0 aromatic heterocycles. The maximum Gasteiger partial charge on any atom is 0.317 e. The quantitative estimate of drug-likeness (QED) is 0.803. The lowest BCUT2D eigenvalue weighted by molar-refractivity contribution is -0.136. The number of thioether (sulfide) groups is 1. The van der Waals surface area contributed by atoms with Gasteiger partial charge in [-0.3, -0.25) is 4.79 Å². The number of aliphatic carboxylic acids is 1. The number of carboxylic acids is 1. The molecular formula is C15H12Cl2O2S. The first-order chi connectivity index (χ1) is 9.56. The molecule has 2 rings (SSSR count). The molecule has 1 atom stereocenters. The maximum atomic E-state index is 11.4. The molecule has 0 unspecified atom stereocenters. The van der Waals surface area contributed by atoms with Crippen molar-refractivity contribution in [2.75, 3.05) is 0 Å². The fourth-order valence-corrected chi connectivity index (χ4v) is 3.06. The van der Waals surface area contributed by atoms with Crippen molar-refractivity contribution in [3.05, 3.63) is 64.1 Å². The Morgan fingerprint density at radius 1 is 1.10 bits per heavy atom. The van der Waals surface area contributed by atoms with Crippen molar-refractivity contribution in [1.29, 1.82) is 0 Å². The number of carbonyl (C=O) groups is 1. The molecular weight excluding hydrogens is 315 g/mol. The second-order valence-corrected chi connectivity index (χ2v) is 6.30. The minimum absolute atomic E-state index is 0.395. The van der Waals surface area contributed by atoms with Crippen molar-refractivity contribution in [2.45, 2.75) is 16.6 Å². The lowest BCUT2D eigenvalue weighted by Gasteiger charge is -2.12. The molecule has 0 aliphatic carbocycles. The van der Waals surface area contributed by atoms with Gasteiger partial charge in [-0.1, -0.05) is 47.5 Å². The Kier molecular flexibility index (Phi) is 5.35. The van der Waals surface area contributed by atoms with E-state index in [-0.39, 0.29) is 0 Å². The van der Waals surface area contributed by atoms with Crippen LogP contribution in [0.15, 0.2) is 53.4 Å². The molecule has 0 radical (unpaired) electrons. The van der Waals surface area contributed by atoms with Gasteiger partial charge in [0, 0.05) is 4.90 Å². The van der Waals surface area contributed by atoms with E-state index in [9.17, 15) is 9.90 Å². The predicted molar refractivity (Wildman–Crippen MR) is 83.9 cm³/mol. The Labute approximate surface area is 131 Å². The zero-order valence-electron chi connectivity index (χ0n) is 10.4. The van der Waals surface area contributed by atoms with Gasteiger partial charge in [-0.25, -0.2) is 0 Å². The van der Waals surface area contributed by atoms with E-state index in [0.717, 1.165) is 10.5 Å². The number of halogens is 2. The van der Waals surface area contributed by atoms with Crippen molar-refractivity contribution in [1.82, 2.24) is 0 Å². The maximum absolute atomic E-state index is 11.4. The van der Waals surface area contributed by atoms with Crippen LogP contribution < -0.4 is 0 Å². The fourth-order valence-electron chi connectivity index (χ4n) is 1.72. The van der Waals surface area contributed by atoms with Gasteiger partial charge < -0.3 is 5.11 Å². The first-order valence-corrected chi connectivity index (χ1v) is 7.58. The normalized spacial score (nSPS) is 12.1. The lowest BCUT2D eigenvalue weighted by atomic mass is 10.1. The Bertz CT molecular complexity index is 602. The van der Waals surface area contributed by atoms with Crippen LogP contribution in [-0.4, -0.2) is 16.3 Å². The molecule has 0 aliphatic heterocycles. The van der Waals surface area contributed by atoms with Crippen molar-refractivity contribution in [3.63, 3.8) is 0 Å². The SMILES string of the molecule is O=C(O)[C@@H](Cc1ccc(Cl)c(Cl)c1)Sc1ccccc1. The average Bonchev–Trinajstić information content (AvgIpc) is 2.43. The Morgan fingerprint density at radius 3 is 2.40 bits per heavy atom. The lowest BCUT2D eigenvalue weighted by Crippen LogP contribution is -2.19. The van der Waals surface area contributed by atoms with Crippen LogP contribution in [0.3, 0.4) is 0 Å². The van der Waals surface area contributed by atoms with Crippen LogP contribution in [0.1, 0.15) is 5.56 Å². The Balaban J connectivity index is 2.13. The van der Waals surface area contributed by atoms with E-state index in [1.54, 1.807) is 18.2 Å². The molecule has 104 valence electrons. The molecule has 0 spiro atoms. The Morgan fingerprint density at radius 2 is 1.80 bits per heavy atom. The third-order valence-corrected chi connectivity index (χ3v) is 4.64. The predicted octanol–water partition coefficient (Wildman–Crippen LogP) is 4.78. The van der Waals surface area contributed by atoms with Crippen molar-refractivity contribution < 1.29 is 9.90 Å². The van der Waals surface area contributed by atoms with Crippen LogP contribution in [0.4, 0.5) is 0 Å². The summed E-state index contributed by atoms with van der Waals surface area (Å²) in [4.78, 5) is 12.3. The summed E-state index contributed by atoms with van der Waals surface area (Å²) in [5, 5.41) is 9.69. The van der Waals surface area contributed by atoms with Crippen molar-refractivity contribution in [3.8, 4) is 0 Å². The highest BCUT2D eigenvalue weighted by Crippen LogP contribution is 2.28. The summed E-state index contributed by atoms with van der Waals surface area (Å²) in [6.45, 7) is 0. The molecule has 0 saturated heterocycles. The highest BCUT2D eigenvalue weighted by Gasteiger charge is 2.19. The van der Waals surface area contributed by atoms with Gasteiger partial charge in [0.2, 0.25) is 0 Å². The zero-order valence-corrected chi connectivity index (χ0v) is 12.8. The summed E-state index contributed by atoms with van der Waals surface area (Å²) in [6, 6.07) is 14.7. The molecule has 0 heterocycles. The number of rotatable bonds is 5. The molecule has 0 fully saturated rings. The highest BCUT2D eigenvalue weighted by molar-refractivity contribution is 8.00. The molecule has 2 nitrogen and oxygen atoms in total. The van der Waals surface area contributed by atoms with E-state index in [1.165, 1.54) is 11.8 Å². The minimum Gasteiger partial charge on any atom is -0.480 e. The highest BCUT2D eigenvalue weighted by atomic mass is 35.5. The number of hydrogen-bond acceptors (Lipinski definition) is 2. The van der Waals surface area contributed by atoms with Crippen molar-refractivity contribution in [2.24, 2.45) is 0 Å². The van der Waals surface area contributed by atoms with Gasteiger partial charge in [0.15, 0.2) is 0 Å². The molecule has 0 aliphatic rings. The Hall–Kier alpha value is -1.16. The molecule has 20 heavy (non-hydrogen) atoms. The van der Waals surface area contributed by atoms with Crippen molar-refractivity contribution >= 4 is 40.9 Å². The second-order valence-electron chi connectivity index (χ2n) is 4.21. The van der Waals surface area contributed by atoms with E-state index in [0.29, 0.717) is 16.5 Å². The number of carboxylic acid groups (broad SMARTS) is 1. The van der Waals surface area contributed by atoms with E-state index < -0.39 is 11.2 Å². The summed E-state index contributed by atoms with van der Waals surface area (Å²) in [5.74, 6) is -0.843. The smallest absolute Gasteiger partial charge is 0.317 e. The first kappa shape index (κ1) is 15.2. The third-order valence-electron chi connectivity index (χ3n) is 2.70. The van der Waals surface area contributed by atoms with Crippen LogP contribution >= 0.6 is 35.0 Å². The van der Waals surface area contributed by atoms with E-state index in [1.807, 2.05) is 30.3 Å². The summed E-state index contributed by atoms with van der Waals surface area (Å²) in [6.07, 6.45) is 0.395. The topological polar surface area (TPSA) is 37.3 Å². The summed E-state index contributed by atoms with van der Waals surface area (Å²) in [7, 11) is 0. The number of benzene rings is 2. The molecule has 1 N–H and O–H groups in total. The van der Waals surface area contributed by atoms with Gasteiger partial charge in [0.25, 0.3) is 0 Å². The standard InChI is InChI=1S/C15H12Cl2O2S/c16-12-7-6-10(8-13(12)17)9-14(15(18)19)20-11-4-2-1-3-5-11/h1-8,14H,9H2,(H,18,19)/t14-/m1/s1. The van der Waals surface area contributed by atoms with Crippen LogP contribution in [0.2, 0.25) is 10.0 Å². The molecule has 5 heteroatoms. The van der Waals surface area contributed by atoms with E-state index in [4.69, 9.17) is 23.2 Å². The van der Waals surface area contributed by atoms with E-state index in [2.05, 4.69) is 0 Å². The largest absolute Gasteiger partial charge is 0.480 e. The van der Waals surface area contributed by atoms with Crippen LogP contribution in [0.25, 0.3) is 0 Å². The van der Waals surface area contributed by atoms with Gasteiger partial charge in [-0.05, 0) is 36.2 Å². The summed E-state index contributed by atoms with van der Waals surface area (Å²) >= 11 is 13.1. The van der Waals surface area contributed by atoms with Gasteiger partial charge in [-0.2, -0.15) is 0 Å². The van der Waals surface area contributed by atoms with Crippen LogP contribution in [0.5, 0.6) is 0 Å². The third kappa shape index (κ3) is 4.17. The van der Waals surface area contributed by atoms with Gasteiger partial charge in [0.1, 0.15) is 5.25 Å². The monoisotopic (exact) mass is 326 g/mol. The van der Waals surface area contributed by atoms with E-state index >= 15 is 0 Å². The van der Waals surface area contributed by atoms with Gasteiger partial charge >= 0.3 is 5.97 Å². The second kappa shape index (κ2) is 7.02. The average molecular weight is 327 g/mol. The first-order valence-electron chi connectivity index (χ1n) is 5.94. The van der Waals surface area contributed by atoms with Gasteiger partial charge in [-0.15, -0.1) is 11.8 Å². The summed E-state index contributed by atoms with van der Waals surface area (Å²) < 4.78 is 0. The van der Waals surface area contributed by atoms with Crippen LogP contribution in [-0.2, 0) is 11.2 Å². The molecule has 0 bridgehead atoms. The molecule has 2 aromatic carbocycles. The van der Waals surface area contributed by atoms with Crippen LogP contribution in [0, 0.1) is 0 Å². The summed E-state index contributed by atoms with van der Waals surface area (Å²) in [5.41, 5.74) is 0.857. The zero-order chi connectivity index (χ0) is 14.5. The molecule has 0 amide bonds. The molecule has 2 aromatic rings. The van der Waals surface area contributed by atoms with Gasteiger partial charge in [0.05, 0.1) is 10.0 Å². The fraction of sp³-hybridized carbons (Fsp3) is 0.133.